The third-order valence-corrected chi connectivity index (χ3v) is 4.14. The molecule has 0 spiro atoms. The Morgan fingerprint density at radius 3 is 2.45 bits per heavy atom. The molecule has 2 rings (SSSR count). The summed E-state index contributed by atoms with van der Waals surface area (Å²) in [6, 6.07) is 10.5. The van der Waals surface area contributed by atoms with Crippen LogP contribution in [0.25, 0.3) is 0 Å². The van der Waals surface area contributed by atoms with Gasteiger partial charge in [0.15, 0.2) is 0 Å². The molecule has 1 aliphatic carbocycles. The van der Waals surface area contributed by atoms with E-state index in [2.05, 4.69) is 44.3 Å². The number of rotatable bonds is 4. The fourth-order valence-corrected chi connectivity index (χ4v) is 2.83. The monoisotopic (exact) mass is 270 g/mol. The minimum Gasteiger partial charge on any atom is -0.351 e. The number of benzene rings is 1. The SMILES string of the molecule is CC1CC(C#N)(C(=O)NCc2ccc(C(C)C)cc2)C1. The standard InChI is InChI=1S/C17H22N2O/c1-12(2)15-6-4-14(5-7-15)10-19-16(20)17(11-18)8-13(3)9-17/h4-7,12-13H,8-10H2,1-3H3,(H,19,20). The van der Waals surface area contributed by atoms with E-state index in [9.17, 15) is 10.1 Å². The Morgan fingerprint density at radius 2 is 2.00 bits per heavy atom. The summed E-state index contributed by atoms with van der Waals surface area (Å²) in [6.07, 6.45) is 1.36. The van der Waals surface area contributed by atoms with Crippen LogP contribution in [-0.2, 0) is 11.3 Å². The Kier molecular flexibility index (Phi) is 4.13. The predicted molar refractivity (Wildman–Crippen MR) is 78.8 cm³/mol. The van der Waals surface area contributed by atoms with Gasteiger partial charge >= 0.3 is 0 Å². The van der Waals surface area contributed by atoms with Crippen LogP contribution >= 0.6 is 0 Å². The summed E-state index contributed by atoms with van der Waals surface area (Å²) in [6.45, 7) is 6.89. The lowest BCUT2D eigenvalue weighted by Gasteiger charge is -2.39. The molecule has 3 nitrogen and oxygen atoms in total. The van der Waals surface area contributed by atoms with Gasteiger partial charge in [0.05, 0.1) is 6.07 Å². The number of nitrogens with one attached hydrogen (secondary N) is 1. The van der Waals surface area contributed by atoms with Gasteiger partial charge in [-0.2, -0.15) is 5.26 Å². The fourth-order valence-electron chi connectivity index (χ4n) is 2.83. The van der Waals surface area contributed by atoms with Crippen molar-refractivity contribution < 1.29 is 4.79 Å². The summed E-state index contributed by atoms with van der Waals surface area (Å²) in [7, 11) is 0. The number of hydrogen-bond donors (Lipinski definition) is 1. The molecule has 0 unspecified atom stereocenters. The molecule has 20 heavy (non-hydrogen) atoms. The number of amides is 1. The van der Waals surface area contributed by atoms with E-state index in [1.807, 2.05) is 12.1 Å². The van der Waals surface area contributed by atoms with Gasteiger partial charge < -0.3 is 5.32 Å². The Hall–Kier alpha value is -1.82. The van der Waals surface area contributed by atoms with Crippen molar-refractivity contribution in [2.24, 2.45) is 11.3 Å². The Bertz CT molecular complexity index is 519. The maximum absolute atomic E-state index is 12.1. The van der Waals surface area contributed by atoms with Crippen LogP contribution in [0.5, 0.6) is 0 Å². The van der Waals surface area contributed by atoms with Crippen molar-refractivity contribution in [1.82, 2.24) is 5.32 Å². The largest absolute Gasteiger partial charge is 0.351 e. The van der Waals surface area contributed by atoms with Gasteiger partial charge in [0.2, 0.25) is 5.91 Å². The van der Waals surface area contributed by atoms with Crippen molar-refractivity contribution in [2.75, 3.05) is 0 Å². The van der Waals surface area contributed by atoms with Crippen molar-refractivity contribution in [1.29, 1.82) is 5.26 Å². The molecular formula is C17H22N2O. The first-order valence-electron chi connectivity index (χ1n) is 7.25. The van der Waals surface area contributed by atoms with E-state index in [1.165, 1.54) is 5.56 Å². The van der Waals surface area contributed by atoms with Crippen LogP contribution in [0, 0.1) is 22.7 Å². The van der Waals surface area contributed by atoms with E-state index in [4.69, 9.17) is 0 Å². The lowest BCUT2D eigenvalue weighted by atomic mass is 9.63. The Labute approximate surface area is 121 Å². The molecule has 0 aromatic heterocycles. The lowest BCUT2D eigenvalue weighted by Crippen LogP contribution is -2.47. The average Bonchev–Trinajstić information content (AvgIpc) is 2.41. The molecule has 1 aliphatic rings. The maximum Gasteiger partial charge on any atom is 0.240 e. The minimum absolute atomic E-state index is 0.119. The molecule has 1 fully saturated rings. The average molecular weight is 270 g/mol. The third kappa shape index (κ3) is 2.85. The molecule has 0 atom stereocenters. The van der Waals surface area contributed by atoms with Crippen LogP contribution < -0.4 is 5.32 Å². The summed E-state index contributed by atoms with van der Waals surface area (Å²) in [5.74, 6) is 0.869. The summed E-state index contributed by atoms with van der Waals surface area (Å²) in [5.41, 5.74) is 1.58. The maximum atomic E-state index is 12.1. The van der Waals surface area contributed by atoms with Gasteiger partial charge in [0, 0.05) is 6.54 Å². The van der Waals surface area contributed by atoms with Gasteiger partial charge in [-0.1, -0.05) is 45.0 Å². The van der Waals surface area contributed by atoms with Gasteiger partial charge in [0.25, 0.3) is 0 Å². The molecule has 0 saturated heterocycles. The summed E-state index contributed by atoms with van der Waals surface area (Å²) < 4.78 is 0. The first-order valence-corrected chi connectivity index (χ1v) is 7.25. The number of hydrogen-bond acceptors (Lipinski definition) is 2. The second-order valence-corrected chi connectivity index (χ2v) is 6.29. The zero-order chi connectivity index (χ0) is 14.8. The first kappa shape index (κ1) is 14.6. The van der Waals surface area contributed by atoms with Crippen molar-refractivity contribution >= 4 is 5.91 Å². The van der Waals surface area contributed by atoms with Gasteiger partial charge in [-0.25, -0.2) is 0 Å². The van der Waals surface area contributed by atoms with Gasteiger partial charge in [0.1, 0.15) is 5.41 Å². The molecule has 1 aromatic carbocycles. The van der Waals surface area contributed by atoms with Crippen molar-refractivity contribution in [3.05, 3.63) is 35.4 Å². The predicted octanol–water partition coefficient (Wildman–Crippen LogP) is 3.37. The minimum atomic E-state index is -0.780. The molecule has 1 aromatic rings. The molecule has 3 heteroatoms. The fraction of sp³-hybridized carbons (Fsp3) is 0.529. The summed E-state index contributed by atoms with van der Waals surface area (Å²) in [5, 5.41) is 12.1. The zero-order valence-corrected chi connectivity index (χ0v) is 12.4. The van der Waals surface area contributed by atoms with Crippen LogP contribution in [0.3, 0.4) is 0 Å². The van der Waals surface area contributed by atoms with Crippen LogP contribution in [0.1, 0.15) is 50.7 Å². The molecule has 1 amide bonds. The topological polar surface area (TPSA) is 52.9 Å². The quantitative estimate of drug-likeness (QED) is 0.912. The van der Waals surface area contributed by atoms with E-state index < -0.39 is 5.41 Å². The van der Waals surface area contributed by atoms with Gasteiger partial charge in [-0.15, -0.1) is 0 Å². The molecule has 0 radical (unpaired) electrons. The number of carbonyl (C=O) groups excluding carboxylic acids is 1. The molecule has 0 heterocycles. The van der Waals surface area contributed by atoms with E-state index in [1.54, 1.807) is 0 Å². The normalized spacial score (nSPS) is 24.9. The lowest BCUT2D eigenvalue weighted by molar-refractivity contribution is -0.134. The van der Waals surface area contributed by atoms with Gasteiger partial charge in [-0.3, -0.25) is 4.79 Å². The molecule has 106 valence electrons. The van der Waals surface area contributed by atoms with Gasteiger partial charge in [-0.05, 0) is 35.8 Å². The van der Waals surface area contributed by atoms with Crippen LogP contribution in [-0.4, -0.2) is 5.91 Å². The third-order valence-electron chi connectivity index (χ3n) is 4.14. The zero-order valence-electron chi connectivity index (χ0n) is 12.4. The number of nitrogens with zero attached hydrogens (tertiary/aromatic N) is 1. The van der Waals surface area contributed by atoms with Crippen LogP contribution in [0.4, 0.5) is 0 Å². The van der Waals surface area contributed by atoms with E-state index >= 15 is 0 Å². The molecular weight excluding hydrogens is 248 g/mol. The summed E-state index contributed by atoms with van der Waals surface area (Å²) in [4.78, 5) is 12.1. The number of nitriles is 1. The van der Waals surface area contributed by atoms with Crippen molar-refractivity contribution in [3.8, 4) is 6.07 Å². The second kappa shape index (κ2) is 5.66. The highest BCUT2D eigenvalue weighted by Gasteiger charge is 2.48. The summed E-state index contributed by atoms with van der Waals surface area (Å²) >= 11 is 0. The highest BCUT2D eigenvalue weighted by atomic mass is 16.2. The van der Waals surface area contributed by atoms with E-state index in [-0.39, 0.29) is 5.91 Å². The first-order chi connectivity index (χ1) is 9.47. The van der Waals surface area contributed by atoms with Crippen molar-refractivity contribution in [2.45, 2.75) is 46.1 Å². The van der Waals surface area contributed by atoms with E-state index in [0.29, 0.717) is 31.2 Å². The molecule has 0 bridgehead atoms. The highest BCUT2D eigenvalue weighted by Crippen LogP contribution is 2.45. The van der Waals surface area contributed by atoms with Crippen LogP contribution in [0.2, 0.25) is 0 Å². The molecule has 1 saturated carbocycles. The molecule has 1 N–H and O–H groups in total. The smallest absolute Gasteiger partial charge is 0.240 e. The van der Waals surface area contributed by atoms with Crippen LogP contribution in [0.15, 0.2) is 24.3 Å². The Balaban J connectivity index is 1.92. The van der Waals surface area contributed by atoms with Crippen molar-refractivity contribution in [3.63, 3.8) is 0 Å². The number of carbonyl (C=O) groups is 1. The molecule has 0 aliphatic heterocycles. The Morgan fingerprint density at radius 1 is 1.40 bits per heavy atom. The highest BCUT2D eigenvalue weighted by molar-refractivity contribution is 5.86. The van der Waals surface area contributed by atoms with E-state index in [0.717, 1.165) is 5.56 Å². The second-order valence-electron chi connectivity index (χ2n) is 6.29.